The Kier molecular flexibility index (Phi) is 20.2. The first-order valence-electron chi connectivity index (χ1n) is 11.9. The molecule has 2 atom stereocenters. The zero-order chi connectivity index (χ0) is 18.6. The van der Waals surface area contributed by atoms with Crippen molar-refractivity contribution in [2.75, 3.05) is 13.1 Å². The van der Waals surface area contributed by atoms with Gasteiger partial charge in [0.25, 0.3) is 0 Å². The standard InChI is InChI=1S/C24H51N/c1-5-7-9-11-13-15-17-19-23(3)21-25-22-24(4)20-18-16-14-12-10-8-6-2/h23-25H,5-22H2,1-4H3. The van der Waals surface area contributed by atoms with Crippen molar-refractivity contribution in [1.29, 1.82) is 0 Å². The molecule has 1 N–H and O–H groups in total. The Bertz CT molecular complexity index is 214. The van der Waals surface area contributed by atoms with Gasteiger partial charge in [0.15, 0.2) is 0 Å². The van der Waals surface area contributed by atoms with Gasteiger partial charge in [-0.1, -0.05) is 118 Å². The number of unbranched alkanes of at least 4 members (excludes halogenated alkanes) is 12. The second kappa shape index (κ2) is 20.3. The summed E-state index contributed by atoms with van der Waals surface area (Å²) in [5, 5.41) is 3.72. The Morgan fingerprint density at radius 3 is 1.16 bits per heavy atom. The molecule has 0 rings (SSSR count). The van der Waals surface area contributed by atoms with Gasteiger partial charge >= 0.3 is 0 Å². The molecular weight excluding hydrogens is 302 g/mol. The van der Waals surface area contributed by atoms with E-state index in [0.29, 0.717) is 0 Å². The third-order valence-corrected chi connectivity index (χ3v) is 5.59. The molecule has 1 nitrogen and oxygen atoms in total. The van der Waals surface area contributed by atoms with Crippen molar-refractivity contribution >= 4 is 0 Å². The van der Waals surface area contributed by atoms with E-state index in [1.165, 1.54) is 116 Å². The minimum absolute atomic E-state index is 0.849. The molecule has 0 bridgehead atoms. The molecule has 0 aliphatic carbocycles. The largest absolute Gasteiger partial charge is 0.316 e. The summed E-state index contributed by atoms with van der Waals surface area (Å²) in [6.45, 7) is 11.9. The number of nitrogens with one attached hydrogen (secondary N) is 1. The van der Waals surface area contributed by atoms with Crippen LogP contribution < -0.4 is 5.32 Å². The average Bonchev–Trinajstić information content (AvgIpc) is 2.60. The van der Waals surface area contributed by atoms with E-state index in [2.05, 4.69) is 33.0 Å². The van der Waals surface area contributed by atoms with Crippen LogP contribution in [0.15, 0.2) is 0 Å². The highest BCUT2D eigenvalue weighted by molar-refractivity contribution is 4.62. The minimum atomic E-state index is 0.849. The first-order chi connectivity index (χ1) is 12.2. The van der Waals surface area contributed by atoms with Crippen LogP contribution in [-0.2, 0) is 0 Å². The molecular formula is C24H51N. The van der Waals surface area contributed by atoms with E-state index in [4.69, 9.17) is 0 Å². The highest BCUT2D eigenvalue weighted by Gasteiger charge is 2.05. The summed E-state index contributed by atoms with van der Waals surface area (Å²) >= 11 is 0. The van der Waals surface area contributed by atoms with Crippen LogP contribution in [0.5, 0.6) is 0 Å². The Balaban J connectivity index is 3.29. The molecule has 0 aromatic rings. The number of hydrogen-bond donors (Lipinski definition) is 1. The van der Waals surface area contributed by atoms with Gasteiger partial charge in [0, 0.05) is 0 Å². The highest BCUT2D eigenvalue weighted by atomic mass is 14.9. The molecule has 152 valence electrons. The predicted octanol–water partition coefficient (Wildman–Crippen LogP) is 8.13. The topological polar surface area (TPSA) is 12.0 Å². The van der Waals surface area contributed by atoms with Gasteiger partial charge < -0.3 is 5.32 Å². The van der Waals surface area contributed by atoms with E-state index in [1.807, 2.05) is 0 Å². The van der Waals surface area contributed by atoms with Crippen molar-refractivity contribution in [2.45, 2.75) is 130 Å². The van der Waals surface area contributed by atoms with Crippen molar-refractivity contribution < 1.29 is 0 Å². The van der Waals surface area contributed by atoms with E-state index < -0.39 is 0 Å². The summed E-state index contributed by atoms with van der Waals surface area (Å²) in [6, 6.07) is 0. The van der Waals surface area contributed by atoms with Gasteiger partial charge in [0.2, 0.25) is 0 Å². The van der Waals surface area contributed by atoms with Crippen LogP contribution in [0.4, 0.5) is 0 Å². The summed E-state index contributed by atoms with van der Waals surface area (Å²) in [5.41, 5.74) is 0. The van der Waals surface area contributed by atoms with Crippen LogP contribution in [0.3, 0.4) is 0 Å². The molecule has 1 heteroatoms. The third kappa shape index (κ3) is 20.1. The Labute approximate surface area is 161 Å². The quantitative estimate of drug-likeness (QED) is 0.218. The Hall–Kier alpha value is -0.0400. The first kappa shape index (κ1) is 25.0. The van der Waals surface area contributed by atoms with E-state index >= 15 is 0 Å². The van der Waals surface area contributed by atoms with Crippen LogP contribution in [0, 0.1) is 11.8 Å². The van der Waals surface area contributed by atoms with Gasteiger partial charge in [-0.3, -0.25) is 0 Å². The van der Waals surface area contributed by atoms with Gasteiger partial charge in [-0.15, -0.1) is 0 Å². The maximum absolute atomic E-state index is 3.72. The third-order valence-electron chi connectivity index (χ3n) is 5.59. The second-order valence-electron chi connectivity index (χ2n) is 8.69. The second-order valence-corrected chi connectivity index (χ2v) is 8.69. The Morgan fingerprint density at radius 1 is 0.480 bits per heavy atom. The predicted molar refractivity (Wildman–Crippen MR) is 116 cm³/mol. The van der Waals surface area contributed by atoms with Gasteiger partial charge in [-0.05, 0) is 37.8 Å². The lowest BCUT2D eigenvalue weighted by Crippen LogP contribution is -2.26. The van der Waals surface area contributed by atoms with E-state index in [9.17, 15) is 0 Å². The molecule has 0 heterocycles. The molecule has 0 radical (unpaired) electrons. The lowest BCUT2D eigenvalue weighted by molar-refractivity contribution is 0.406. The summed E-state index contributed by atoms with van der Waals surface area (Å²) in [7, 11) is 0. The molecule has 0 aromatic heterocycles. The van der Waals surface area contributed by atoms with Gasteiger partial charge in [0.05, 0.1) is 0 Å². The molecule has 2 unspecified atom stereocenters. The van der Waals surface area contributed by atoms with Crippen LogP contribution in [0.1, 0.15) is 130 Å². The van der Waals surface area contributed by atoms with Crippen LogP contribution in [-0.4, -0.2) is 13.1 Å². The molecule has 0 aliphatic rings. The molecule has 0 aliphatic heterocycles. The number of hydrogen-bond acceptors (Lipinski definition) is 1. The van der Waals surface area contributed by atoms with Crippen molar-refractivity contribution in [3.8, 4) is 0 Å². The molecule has 25 heavy (non-hydrogen) atoms. The van der Waals surface area contributed by atoms with Crippen molar-refractivity contribution in [3.05, 3.63) is 0 Å². The van der Waals surface area contributed by atoms with E-state index in [-0.39, 0.29) is 0 Å². The fourth-order valence-electron chi connectivity index (χ4n) is 3.68. The van der Waals surface area contributed by atoms with E-state index in [1.54, 1.807) is 0 Å². The average molecular weight is 354 g/mol. The normalized spacial score (nSPS) is 13.9. The van der Waals surface area contributed by atoms with E-state index in [0.717, 1.165) is 11.8 Å². The van der Waals surface area contributed by atoms with Gasteiger partial charge in [-0.25, -0.2) is 0 Å². The summed E-state index contributed by atoms with van der Waals surface area (Å²) < 4.78 is 0. The zero-order valence-electron chi connectivity index (χ0n) is 18.4. The maximum atomic E-state index is 3.72. The molecule has 0 amide bonds. The summed E-state index contributed by atoms with van der Waals surface area (Å²) in [4.78, 5) is 0. The Morgan fingerprint density at radius 2 is 0.800 bits per heavy atom. The van der Waals surface area contributed by atoms with Crippen molar-refractivity contribution in [1.82, 2.24) is 5.32 Å². The molecule has 0 saturated carbocycles. The van der Waals surface area contributed by atoms with Gasteiger partial charge in [-0.2, -0.15) is 0 Å². The van der Waals surface area contributed by atoms with Crippen molar-refractivity contribution in [2.24, 2.45) is 11.8 Å². The fourth-order valence-corrected chi connectivity index (χ4v) is 3.68. The first-order valence-corrected chi connectivity index (χ1v) is 11.9. The van der Waals surface area contributed by atoms with Crippen LogP contribution >= 0.6 is 0 Å². The fraction of sp³-hybridized carbons (Fsp3) is 1.00. The maximum Gasteiger partial charge on any atom is -0.00230 e. The lowest BCUT2D eigenvalue weighted by Gasteiger charge is -2.16. The SMILES string of the molecule is CCCCCCCCCC(C)CNCC(C)CCCCCCCCC. The monoisotopic (exact) mass is 353 g/mol. The van der Waals surface area contributed by atoms with Crippen LogP contribution in [0.2, 0.25) is 0 Å². The smallest absolute Gasteiger partial charge is 0.00230 e. The number of rotatable bonds is 20. The molecule has 0 saturated heterocycles. The minimum Gasteiger partial charge on any atom is -0.316 e. The van der Waals surface area contributed by atoms with Gasteiger partial charge in [0.1, 0.15) is 0 Å². The molecule has 0 aromatic carbocycles. The van der Waals surface area contributed by atoms with Crippen molar-refractivity contribution in [3.63, 3.8) is 0 Å². The molecule has 0 spiro atoms. The zero-order valence-corrected chi connectivity index (χ0v) is 18.4. The highest BCUT2D eigenvalue weighted by Crippen LogP contribution is 2.14. The molecule has 0 fully saturated rings. The lowest BCUT2D eigenvalue weighted by atomic mass is 10.00. The summed E-state index contributed by atoms with van der Waals surface area (Å²) in [6.07, 6.45) is 22.9. The summed E-state index contributed by atoms with van der Waals surface area (Å²) in [5.74, 6) is 1.70. The van der Waals surface area contributed by atoms with Crippen LogP contribution in [0.25, 0.3) is 0 Å².